The topological polar surface area (TPSA) is 54.0 Å². The molecule has 20 heavy (non-hydrogen) atoms. The van der Waals surface area contributed by atoms with Crippen molar-refractivity contribution in [2.75, 3.05) is 26.4 Å². The first-order chi connectivity index (χ1) is 9.62. The second kappa shape index (κ2) is 8.55. The van der Waals surface area contributed by atoms with E-state index in [0.717, 1.165) is 5.56 Å². The standard InChI is InChI=1S/C15H22O5/c1-4-17-11-12-19-15(3,20-14(16)18-5-2)13-9-7-6-8-10-13/h6-10H,4-5,11-12H2,1-3H3. The molecule has 0 fully saturated rings. The maximum Gasteiger partial charge on any atom is 0.511 e. The summed E-state index contributed by atoms with van der Waals surface area (Å²) in [4.78, 5) is 11.6. The van der Waals surface area contributed by atoms with Crippen molar-refractivity contribution < 1.29 is 23.7 Å². The molecular formula is C15H22O5. The monoisotopic (exact) mass is 282 g/mol. The Morgan fingerprint density at radius 2 is 1.80 bits per heavy atom. The zero-order valence-electron chi connectivity index (χ0n) is 12.3. The molecule has 5 heteroatoms. The fourth-order valence-electron chi connectivity index (χ4n) is 1.66. The molecule has 5 nitrogen and oxygen atoms in total. The fourth-order valence-corrected chi connectivity index (χ4v) is 1.66. The van der Waals surface area contributed by atoms with Gasteiger partial charge in [-0.05, 0) is 13.8 Å². The molecule has 0 aliphatic carbocycles. The molecular weight excluding hydrogens is 260 g/mol. The number of benzene rings is 1. The number of carbonyl (C=O) groups excluding carboxylic acids is 1. The Bertz CT molecular complexity index is 393. The minimum absolute atomic E-state index is 0.253. The zero-order valence-corrected chi connectivity index (χ0v) is 12.3. The van der Waals surface area contributed by atoms with Crippen LogP contribution in [-0.4, -0.2) is 32.6 Å². The molecule has 0 bridgehead atoms. The molecule has 0 spiro atoms. The normalized spacial score (nSPS) is 13.6. The van der Waals surface area contributed by atoms with Gasteiger partial charge in [-0.2, -0.15) is 0 Å². The SMILES string of the molecule is CCOCCOC(C)(OC(=O)OCC)c1ccccc1. The second-order valence-electron chi connectivity index (χ2n) is 4.14. The van der Waals surface area contributed by atoms with Crippen LogP contribution in [0.1, 0.15) is 26.3 Å². The summed E-state index contributed by atoms with van der Waals surface area (Å²) in [5.41, 5.74) is 0.740. The molecule has 1 atom stereocenters. The van der Waals surface area contributed by atoms with E-state index in [2.05, 4.69) is 0 Å². The largest absolute Gasteiger partial charge is 0.511 e. The quantitative estimate of drug-likeness (QED) is 0.416. The van der Waals surface area contributed by atoms with E-state index in [1.807, 2.05) is 37.3 Å². The number of ether oxygens (including phenoxy) is 4. The van der Waals surface area contributed by atoms with Gasteiger partial charge in [-0.15, -0.1) is 0 Å². The van der Waals surface area contributed by atoms with Crippen LogP contribution in [0.25, 0.3) is 0 Å². The van der Waals surface area contributed by atoms with Crippen LogP contribution in [0.15, 0.2) is 30.3 Å². The van der Waals surface area contributed by atoms with Crippen LogP contribution in [0.2, 0.25) is 0 Å². The Morgan fingerprint density at radius 1 is 1.10 bits per heavy atom. The van der Waals surface area contributed by atoms with Gasteiger partial charge in [0.05, 0.1) is 19.8 Å². The van der Waals surface area contributed by atoms with Gasteiger partial charge < -0.3 is 18.9 Å². The first-order valence-corrected chi connectivity index (χ1v) is 6.75. The van der Waals surface area contributed by atoms with Gasteiger partial charge in [-0.25, -0.2) is 4.79 Å². The lowest BCUT2D eigenvalue weighted by molar-refractivity contribution is -0.215. The number of hydrogen-bond donors (Lipinski definition) is 0. The van der Waals surface area contributed by atoms with Crippen molar-refractivity contribution in [2.24, 2.45) is 0 Å². The minimum atomic E-state index is -1.19. The van der Waals surface area contributed by atoms with Crippen LogP contribution >= 0.6 is 0 Å². The van der Waals surface area contributed by atoms with E-state index in [9.17, 15) is 4.79 Å². The lowest BCUT2D eigenvalue weighted by Gasteiger charge is -2.29. The predicted molar refractivity (Wildman–Crippen MR) is 74.3 cm³/mol. The lowest BCUT2D eigenvalue weighted by atomic mass is 10.1. The van der Waals surface area contributed by atoms with Gasteiger partial charge in [-0.1, -0.05) is 30.3 Å². The molecule has 0 heterocycles. The summed E-state index contributed by atoms with van der Waals surface area (Å²) < 4.78 is 21.0. The summed E-state index contributed by atoms with van der Waals surface area (Å²) in [6.07, 6.45) is -0.754. The van der Waals surface area contributed by atoms with Crippen LogP contribution in [0.4, 0.5) is 4.79 Å². The Balaban J connectivity index is 2.74. The number of hydrogen-bond acceptors (Lipinski definition) is 5. The van der Waals surface area contributed by atoms with Crippen molar-refractivity contribution in [3.8, 4) is 0 Å². The van der Waals surface area contributed by atoms with Gasteiger partial charge in [-0.3, -0.25) is 0 Å². The third-order valence-electron chi connectivity index (χ3n) is 2.65. The molecule has 0 saturated carbocycles. The van der Waals surface area contributed by atoms with Crippen molar-refractivity contribution in [2.45, 2.75) is 26.6 Å². The van der Waals surface area contributed by atoms with Crippen molar-refractivity contribution in [3.05, 3.63) is 35.9 Å². The van der Waals surface area contributed by atoms with Crippen LogP contribution in [0.3, 0.4) is 0 Å². The molecule has 1 aromatic rings. The molecule has 0 aliphatic heterocycles. The smallest absolute Gasteiger partial charge is 0.435 e. The fraction of sp³-hybridized carbons (Fsp3) is 0.533. The third-order valence-corrected chi connectivity index (χ3v) is 2.65. The molecule has 0 aliphatic rings. The molecule has 0 saturated heterocycles. The van der Waals surface area contributed by atoms with Gasteiger partial charge >= 0.3 is 6.16 Å². The Kier molecular flexibility index (Phi) is 7.04. The molecule has 1 unspecified atom stereocenters. The highest BCUT2D eigenvalue weighted by atomic mass is 16.8. The summed E-state index contributed by atoms with van der Waals surface area (Å²) in [6, 6.07) is 9.26. The minimum Gasteiger partial charge on any atom is -0.435 e. The maximum absolute atomic E-state index is 11.6. The van der Waals surface area contributed by atoms with Crippen molar-refractivity contribution in [1.82, 2.24) is 0 Å². The average molecular weight is 282 g/mol. The summed E-state index contributed by atoms with van der Waals surface area (Å²) in [6.45, 7) is 6.93. The van der Waals surface area contributed by atoms with E-state index in [0.29, 0.717) is 19.8 Å². The Hall–Kier alpha value is -1.59. The van der Waals surface area contributed by atoms with E-state index < -0.39 is 11.9 Å². The average Bonchev–Trinajstić information content (AvgIpc) is 2.45. The second-order valence-corrected chi connectivity index (χ2v) is 4.14. The van der Waals surface area contributed by atoms with Crippen LogP contribution in [0.5, 0.6) is 0 Å². The lowest BCUT2D eigenvalue weighted by Crippen LogP contribution is -2.34. The first-order valence-electron chi connectivity index (χ1n) is 6.75. The maximum atomic E-state index is 11.6. The Labute approximate surface area is 119 Å². The zero-order chi connectivity index (χ0) is 14.8. The van der Waals surface area contributed by atoms with Gasteiger partial charge in [0.1, 0.15) is 0 Å². The predicted octanol–water partition coefficient (Wildman–Crippen LogP) is 3.09. The molecule has 0 aromatic heterocycles. The summed E-state index contributed by atoms with van der Waals surface area (Å²) in [5, 5.41) is 0. The van der Waals surface area contributed by atoms with Crippen LogP contribution < -0.4 is 0 Å². The van der Waals surface area contributed by atoms with Gasteiger partial charge in [0.2, 0.25) is 5.79 Å². The summed E-state index contributed by atoms with van der Waals surface area (Å²) >= 11 is 0. The highest BCUT2D eigenvalue weighted by molar-refractivity contribution is 5.60. The third kappa shape index (κ3) is 5.19. The van der Waals surface area contributed by atoms with Gasteiger partial charge in [0.25, 0.3) is 0 Å². The van der Waals surface area contributed by atoms with E-state index in [1.165, 1.54) is 0 Å². The Morgan fingerprint density at radius 3 is 2.40 bits per heavy atom. The van der Waals surface area contributed by atoms with Crippen molar-refractivity contribution in [3.63, 3.8) is 0 Å². The molecule has 1 rings (SSSR count). The van der Waals surface area contributed by atoms with Gasteiger partial charge in [0.15, 0.2) is 0 Å². The summed E-state index contributed by atoms with van der Waals surface area (Å²) in [5.74, 6) is -1.19. The highest BCUT2D eigenvalue weighted by Crippen LogP contribution is 2.27. The van der Waals surface area contributed by atoms with Crippen molar-refractivity contribution in [1.29, 1.82) is 0 Å². The molecule has 1 aromatic carbocycles. The molecule has 112 valence electrons. The van der Waals surface area contributed by atoms with Crippen LogP contribution in [0, 0.1) is 0 Å². The van der Waals surface area contributed by atoms with E-state index in [4.69, 9.17) is 18.9 Å². The van der Waals surface area contributed by atoms with E-state index in [1.54, 1.807) is 13.8 Å². The molecule has 0 amide bonds. The van der Waals surface area contributed by atoms with E-state index >= 15 is 0 Å². The van der Waals surface area contributed by atoms with E-state index in [-0.39, 0.29) is 6.61 Å². The highest BCUT2D eigenvalue weighted by Gasteiger charge is 2.32. The van der Waals surface area contributed by atoms with Gasteiger partial charge in [0, 0.05) is 19.1 Å². The van der Waals surface area contributed by atoms with Crippen LogP contribution in [-0.2, 0) is 24.7 Å². The van der Waals surface area contributed by atoms with Crippen molar-refractivity contribution >= 4 is 6.16 Å². The molecule has 0 N–H and O–H groups in total. The number of rotatable bonds is 8. The summed E-state index contributed by atoms with van der Waals surface area (Å²) in [7, 11) is 0. The molecule has 0 radical (unpaired) electrons. The first kappa shape index (κ1) is 16.5. The number of carbonyl (C=O) groups is 1.